The molecule has 0 heterocycles. The van der Waals surface area contributed by atoms with Crippen LogP contribution in [0.25, 0.3) is 0 Å². The van der Waals surface area contributed by atoms with Crippen LogP contribution in [0.4, 0.5) is 0 Å². The average Bonchev–Trinajstić information content (AvgIpc) is 2.25. The second-order valence-corrected chi connectivity index (χ2v) is 6.88. The van der Waals surface area contributed by atoms with Crippen molar-refractivity contribution in [2.45, 2.75) is 65.3 Å². The highest BCUT2D eigenvalue weighted by atomic mass is 14.6. The molecule has 1 nitrogen and oxygen atoms in total. The quantitative estimate of drug-likeness (QED) is 0.825. The molecule has 0 amide bonds. The summed E-state index contributed by atoms with van der Waals surface area (Å²) in [6.45, 7) is 11.2. The van der Waals surface area contributed by atoms with Crippen LogP contribution in [0.5, 0.6) is 0 Å². The van der Waals surface area contributed by atoms with Gasteiger partial charge in [0.1, 0.15) is 0 Å². The van der Waals surface area contributed by atoms with Crippen molar-refractivity contribution in [2.75, 3.05) is 0 Å². The molecule has 0 saturated carbocycles. The molecule has 1 aromatic rings. The third-order valence-electron chi connectivity index (χ3n) is 3.40. The molecule has 1 rings (SSSR count). The molecule has 0 aliphatic rings. The fraction of sp³-hybridized carbons (Fsp3) is 0.647. The zero-order chi connectivity index (χ0) is 13.8. The molecular weight excluding hydrogens is 218 g/mol. The minimum absolute atomic E-state index is 0.243. The second-order valence-electron chi connectivity index (χ2n) is 6.88. The third-order valence-corrected chi connectivity index (χ3v) is 3.40. The van der Waals surface area contributed by atoms with E-state index < -0.39 is 0 Å². The standard InChI is InChI=1S/C17H29N/c1-13(2)12-16(18)11-8-14-6-9-15(10-7-14)17(3,4)5/h6-7,9-10,13,16H,8,11-12,18H2,1-5H3. The molecule has 0 aromatic heterocycles. The molecule has 0 aliphatic carbocycles. The predicted octanol–water partition coefficient (Wildman–Crippen LogP) is 4.29. The highest BCUT2D eigenvalue weighted by Crippen LogP contribution is 2.22. The van der Waals surface area contributed by atoms with Gasteiger partial charge in [0, 0.05) is 6.04 Å². The molecule has 1 atom stereocenters. The van der Waals surface area contributed by atoms with E-state index in [9.17, 15) is 0 Å². The Morgan fingerprint density at radius 3 is 2.06 bits per heavy atom. The number of nitrogens with two attached hydrogens (primary N) is 1. The van der Waals surface area contributed by atoms with Gasteiger partial charge in [0.05, 0.1) is 0 Å². The summed E-state index contributed by atoms with van der Waals surface area (Å²) in [6.07, 6.45) is 3.31. The van der Waals surface area contributed by atoms with Gasteiger partial charge in [0.25, 0.3) is 0 Å². The van der Waals surface area contributed by atoms with E-state index >= 15 is 0 Å². The van der Waals surface area contributed by atoms with E-state index in [2.05, 4.69) is 58.9 Å². The Kier molecular flexibility index (Phi) is 5.40. The van der Waals surface area contributed by atoms with E-state index in [1.807, 2.05) is 0 Å². The normalized spacial score (nSPS) is 13.9. The molecular formula is C17H29N. The first-order valence-corrected chi connectivity index (χ1v) is 7.14. The molecule has 0 saturated heterocycles. The molecule has 0 radical (unpaired) electrons. The molecule has 0 fully saturated rings. The Hall–Kier alpha value is -0.820. The van der Waals surface area contributed by atoms with Gasteiger partial charge in [-0.05, 0) is 41.7 Å². The summed E-state index contributed by atoms with van der Waals surface area (Å²) in [5.41, 5.74) is 9.17. The lowest BCUT2D eigenvalue weighted by Gasteiger charge is -2.19. The van der Waals surface area contributed by atoms with Crippen LogP contribution in [0.1, 0.15) is 58.6 Å². The second kappa shape index (κ2) is 6.38. The van der Waals surface area contributed by atoms with Gasteiger partial charge < -0.3 is 5.73 Å². The Morgan fingerprint density at radius 1 is 1.06 bits per heavy atom. The number of rotatable bonds is 5. The SMILES string of the molecule is CC(C)CC(N)CCc1ccc(C(C)(C)C)cc1. The first-order chi connectivity index (χ1) is 8.29. The van der Waals surface area contributed by atoms with E-state index in [0.717, 1.165) is 19.3 Å². The Balaban J connectivity index is 2.49. The van der Waals surface area contributed by atoms with E-state index in [1.54, 1.807) is 0 Å². The maximum Gasteiger partial charge on any atom is 0.00444 e. The molecule has 18 heavy (non-hydrogen) atoms. The zero-order valence-electron chi connectivity index (χ0n) is 12.7. The summed E-state index contributed by atoms with van der Waals surface area (Å²) in [4.78, 5) is 0. The summed E-state index contributed by atoms with van der Waals surface area (Å²) in [6, 6.07) is 9.35. The molecule has 0 aliphatic heterocycles. The van der Waals surface area contributed by atoms with Crippen molar-refractivity contribution < 1.29 is 0 Å². The fourth-order valence-corrected chi connectivity index (χ4v) is 2.25. The largest absolute Gasteiger partial charge is 0.328 e. The zero-order valence-corrected chi connectivity index (χ0v) is 12.7. The maximum absolute atomic E-state index is 6.12. The van der Waals surface area contributed by atoms with Crippen LogP contribution in [0.3, 0.4) is 0 Å². The number of hydrogen-bond donors (Lipinski definition) is 1. The Bertz CT molecular complexity index is 343. The number of aryl methyl sites for hydroxylation is 1. The fourth-order valence-electron chi connectivity index (χ4n) is 2.25. The minimum Gasteiger partial charge on any atom is -0.328 e. The van der Waals surface area contributed by atoms with E-state index in [-0.39, 0.29) is 5.41 Å². The van der Waals surface area contributed by atoms with Gasteiger partial charge in [-0.1, -0.05) is 58.9 Å². The molecule has 2 N–H and O–H groups in total. The van der Waals surface area contributed by atoms with Crippen molar-refractivity contribution in [1.82, 2.24) is 0 Å². The lowest BCUT2D eigenvalue weighted by molar-refractivity contribution is 0.473. The maximum atomic E-state index is 6.12. The van der Waals surface area contributed by atoms with Gasteiger partial charge in [0.15, 0.2) is 0 Å². The lowest BCUT2D eigenvalue weighted by Crippen LogP contribution is -2.22. The minimum atomic E-state index is 0.243. The van der Waals surface area contributed by atoms with E-state index in [4.69, 9.17) is 5.73 Å². The topological polar surface area (TPSA) is 26.0 Å². The van der Waals surface area contributed by atoms with Crippen LogP contribution in [0.15, 0.2) is 24.3 Å². The van der Waals surface area contributed by atoms with Crippen molar-refractivity contribution in [3.05, 3.63) is 35.4 Å². The summed E-state index contributed by atoms with van der Waals surface area (Å²) in [5, 5.41) is 0. The molecule has 0 spiro atoms. The number of benzene rings is 1. The molecule has 1 heteroatoms. The van der Waals surface area contributed by atoms with Crippen molar-refractivity contribution in [1.29, 1.82) is 0 Å². The van der Waals surface area contributed by atoms with Crippen LogP contribution in [0.2, 0.25) is 0 Å². The van der Waals surface area contributed by atoms with Crippen LogP contribution < -0.4 is 5.73 Å². The van der Waals surface area contributed by atoms with Crippen molar-refractivity contribution in [3.63, 3.8) is 0 Å². The lowest BCUT2D eigenvalue weighted by atomic mass is 9.86. The summed E-state index contributed by atoms with van der Waals surface area (Å²) < 4.78 is 0. The van der Waals surface area contributed by atoms with Crippen molar-refractivity contribution >= 4 is 0 Å². The van der Waals surface area contributed by atoms with Gasteiger partial charge in [-0.15, -0.1) is 0 Å². The predicted molar refractivity (Wildman–Crippen MR) is 80.9 cm³/mol. The van der Waals surface area contributed by atoms with Gasteiger partial charge in [-0.3, -0.25) is 0 Å². The average molecular weight is 247 g/mol. The van der Waals surface area contributed by atoms with Crippen LogP contribution in [-0.4, -0.2) is 6.04 Å². The van der Waals surface area contributed by atoms with Gasteiger partial charge in [-0.2, -0.15) is 0 Å². The summed E-state index contributed by atoms with van der Waals surface area (Å²) in [7, 11) is 0. The van der Waals surface area contributed by atoms with E-state index in [0.29, 0.717) is 12.0 Å². The van der Waals surface area contributed by atoms with Crippen LogP contribution in [-0.2, 0) is 11.8 Å². The highest BCUT2D eigenvalue weighted by molar-refractivity contribution is 5.27. The summed E-state index contributed by atoms with van der Waals surface area (Å²) in [5.74, 6) is 0.697. The smallest absolute Gasteiger partial charge is 0.00444 e. The van der Waals surface area contributed by atoms with Gasteiger partial charge in [0.2, 0.25) is 0 Å². The summed E-state index contributed by atoms with van der Waals surface area (Å²) >= 11 is 0. The highest BCUT2D eigenvalue weighted by Gasteiger charge is 2.13. The van der Waals surface area contributed by atoms with Crippen molar-refractivity contribution in [2.24, 2.45) is 11.7 Å². The van der Waals surface area contributed by atoms with Gasteiger partial charge in [-0.25, -0.2) is 0 Å². The van der Waals surface area contributed by atoms with Gasteiger partial charge >= 0.3 is 0 Å². The molecule has 1 aromatic carbocycles. The molecule has 1 unspecified atom stereocenters. The Morgan fingerprint density at radius 2 is 1.61 bits per heavy atom. The molecule has 102 valence electrons. The van der Waals surface area contributed by atoms with Crippen molar-refractivity contribution in [3.8, 4) is 0 Å². The van der Waals surface area contributed by atoms with Crippen LogP contribution >= 0.6 is 0 Å². The number of hydrogen-bond acceptors (Lipinski definition) is 1. The molecule has 0 bridgehead atoms. The van der Waals surface area contributed by atoms with Crippen LogP contribution in [0, 0.1) is 5.92 Å². The first kappa shape index (κ1) is 15.2. The third kappa shape index (κ3) is 5.22. The monoisotopic (exact) mass is 247 g/mol. The van der Waals surface area contributed by atoms with E-state index in [1.165, 1.54) is 11.1 Å². The first-order valence-electron chi connectivity index (χ1n) is 7.14. The Labute approximate surface area is 113 Å².